The molecular formula is C15H19NOS. The Labute approximate surface area is 114 Å². The van der Waals surface area contributed by atoms with Crippen LogP contribution in [0.25, 0.3) is 0 Å². The average Bonchev–Trinajstić information content (AvgIpc) is 2.42. The monoisotopic (exact) mass is 261 g/mol. The summed E-state index contributed by atoms with van der Waals surface area (Å²) >= 11 is 5.09. The molecule has 0 aliphatic rings. The van der Waals surface area contributed by atoms with Gasteiger partial charge in [0.25, 0.3) is 0 Å². The molecule has 0 amide bonds. The summed E-state index contributed by atoms with van der Waals surface area (Å²) in [6, 6.07) is 12.0. The minimum atomic E-state index is 0.757. The molecular weight excluding hydrogens is 242 g/mol. The lowest BCUT2D eigenvalue weighted by Gasteiger charge is -2.07. The van der Waals surface area contributed by atoms with Crippen molar-refractivity contribution in [3.05, 3.63) is 58.4 Å². The zero-order valence-electron chi connectivity index (χ0n) is 11.1. The average molecular weight is 261 g/mol. The molecule has 2 aromatic rings. The summed E-state index contributed by atoms with van der Waals surface area (Å²) in [6.07, 6.45) is 2.70. The second-order valence-electron chi connectivity index (χ2n) is 3.55. The lowest BCUT2D eigenvalue weighted by atomic mass is 10.1. The van der Waals surface area contributed by atoms with Gasteiger partial charge < -0.3 is 9.72 Å². The molecule has 96 valence electrons. The van der Waals surface area contributed by atoms with Crippen molar-refractivity contribution >= 4 is 12.2 Å². The van der Waals surface area contributed by atoms with Gasteiger partial charge in [-0.2, -0.15) is 0 Å². The van der Waals surface area contributed by atoms with E-state index in [1.165, 1.54) is 11.1 Å². The number of para-hydroxylation sites is 1. The van der Waals surface area contributed by atoms with Crippen molar-refractivity contribution in [1.82, 2.24) is 4.98 Å². The number of nitrogens with one attached hydrogen (secondary N) is 1. The highest BCUT2D eigenvalue weighted by molar-refractivity contribution is 7.71. The van der Waals surface area contributed by atoms with Crippen molar-refractivity contribution < 1.29 is 4.74 Å². The second-order valence-corrected chi connectivity index (χ2v) is 3.99. The number of hydrogen-bond acceptors (Lipinski definition) is 2. The third kappa shape index (κ3) is 4.00. The smallest absolute Gasteiger partial charge is 0.122 e. The van der Waals surface area contributed by atoms with Gasteiger partial charge in [0.05, 0.1) is 7.11 Å². The molecule has 0 saturated heterocycles. The number of methoxy groups -OCH3 is 1. The SMILES string of the molecule is CC.COc1ccccc1Cc1cc[nH]c(=S)c1. The van der Waals surface area contributed by atoms with Gasteiger partial charge in [0.2, 0.25) is 0 Å². The number of benzene rings is 1. The first-order valence-electron chi connectivity index (χ1n) is 6.09. The Kier molecular flexibility index (Phi) is 6.15. The van der Waals surface area contributed by atoms with E-state index in [9.17, 15) is 0 Å². The summed E-state index contributed by atoms with van der Waals surface area (Å²) in [7, 11) is 1.69. The predicted molar refractivity (Wildman–Crippen MR) is 78.8 cm³/mol. The highest BCUT2D eigenvalue weighted by Crippen LogP contribution is 2.20. The molecule has 1 N–H and O–H groups in total. The van der Waals surface area contributed by atoms with Gasteiger partial charge in [-0.15, -0.1) is 0 Å². The van der Waals surface area contributed by atoms with Gasteiger partial charge in [0, 0.05) is 12.6 Å². The van der Waals surface area contributed by atoms with Crippen molar-refractivity contribution in [1.29, 1.82) is 0 Å². The fourth-order valence-electron chi connectivity index (χ4n) is 1.67. The van der Waals surface area contributed by atoms with E-state index >= 15 is 0 Å². The maximum Gasteiger partial charge on any atom is 0.122 e. The number of aromatic amines is 1. The number of aromatic nitrogens is 1. The Morgan fingerprint density at radius 3 is 2.56 bits per heavy atom. The van der Waals surface area contributed by atoms with Crippen LogP contribution >= 0.6 is 12.2 Å². The molecule has 0 aliphatic carbocycles. The van der Waals surface area contributed by atoms with Gasteiger partial charge in [-0.3, -0.25) is 0 Å². The molecule has 0 radical (unpaired) electrons. The van der Waals surface area contributed by atoms with Crippen molar-refractivity contribution in [2.45, 2.75) is 20.3 Å². The minimum absolute atomic E-state index is 0.757. The molecule has 0 unspecified atom stereocenters. The molecule has 2 nitrogen and oxygen atoms in total. The quantitative estimate of drug-likeness (QED) is 0.830. The van der Waals surface area contributed by atoms with Crippen LogP contribution in [-0.2, 0) is 6.42 Å². The largest absolute Gasteiger partial charge is 0.496 e. The van der Waals surface area contributed by atoms with Gasteiger partial charge in [-0.05, 0) is 29.3 Å². The van der Waals surface area contributed by atoms with Crippen LogP contribution in [0.5, 0.6) is 5.75 Å². The van der Waals surface area contributed by atoms with Crippen LogP contribution in [-0.4, -0.2) is 12.1 Å². The Morgan fingerprint density at radius 1 is 1.17 bits per heavy atom. The Balaban J connectivity index is 0.000000771. The molecule has 0 spiro atoms. The zero-order valence-corrected chi connectivity index (χ0v) is 11.9. The van der Waals surface area contributed by atoms with Crippen LogP contribution in [0.3, 0.4) is 0 Å². The van der Waals surface area contributed by atoms with E-state index in [2.05, 4.69) is 11.1 Å². The van der Waals surface area contributed by atoms with E-state index in [1.807, 2.05) is 50.4 Å². The third-order valence-corrected chi connectivity index (χ3v) is 2.66. The maximum absolute atomic E-state index is 5.31. The molecule has 0 aliphatic heterocycles. The Hall–Kier alpha value is -1.61. The van der Waals surface area contributed by atoms with Crippen LogP contribution in [0.1, 0.15) is 25.0 Å². The zero-order chi connectivity index (χ0) is 13.4. The summed E-state index contributed by atoms with van der Waals surface area (Å²) in [5.41, 5.74) is 2.36. The standard InChI is InChI=1S/C13H13NOS.C2H6/c1-15-12-5-3-2-4-11(12)8-10-6-7-14-13(16)9-10;1-2/h2-7,9H,8H2,1H3,(H,14,16);1-2H3. The molecule has 0 atom stereocenters. The van der Waals surface area contributed by atoms with E-state index in [0.29, 0.717) is 0 Å². The topological polar surface area (TPSA) is 25.0 Å². The summed E-state index contributed by atoms with van der Waals surface area (Å²) in [5.74, 6) is 0.918. The first kappa shape index (κ1) is 14.5. The van der Waals surface area contributed by atoms with Crippen LogP contribution < -0.4 is 4.74 Å². The number of hydrogen-bond donors (Lipinski definition) is 1. The van der Waals surface area contributed by atoms with E-state index in [0.717, 1.165) is 16.8 Å². The highest BCUT2D eigenvalue weighted by atomic mass is 32.1. The summed E-state index contributed by atoms with van der Waals surface area (Å²) in [5, 5.41) is 0. The molecule has 18 heavy (non-hydrogen) atoms. The molecule has 1 aromatic carbocycles. The summed E-state index contributed by atoms with van der Waals surface area (Å²) in [4.78, 5) is 2.97. The highest BCUT2D eigenvalue weighted by Gasteiger charge is 2.02. The summed E-state index contributed by atoms with van der Waals surface area (Å²) < 4.78 is 6.07. The van der Waals surface area contributed by atoms with Crippen molar-refractivity contribution in [3.63, 3.8) is 0 Å². The van der Waals surface area contributed by atoms with E-state index < -0.39 is 0 Å². The number of ether oxygens (including phenoxy) is 1. The van der Waals surface area contributed by atoms with Crippen molar-refractivity contribution in [2.24, 2.45) is 0 Å². The molecule has 3 heteroatoms. The molecule has 0 saturated carbocycles. The Morgan fingerprint density at radius 2 is 1.89 bits per heavy atom. The molecule has 0 bridgehead atoms. The lowest BCUT2D eigenvalue weighted by Crippen LogP contribution is -1.93. The molecule has 2 rings (SSSR count). The van der Waals surface area contributed by atoms with Crippen LogP contribution in [0.15, 0.2) is 42.6 Å². The van der Waals surface area contributed by atoms with Crippen molar-refractivity contribution in [3.8, 4) is 5.75 Å². The first-order chi connectivity index (χ1) is 8.79. The predicted octanol–water partition coefficient (Wildman–Crippen LogP) is 4.37. The fourth-order valence-corrected chi connectivity index (χ4v) is 1.89. The van der Waals surface area contributed by atoms with Crippen molar-refractivity contribution in [2.75, 3.05) is 7.11 Å². The third-order valence-electron chi connectivity index (χ3n) is 2.43. The normalized spacial score (nSPS) is 9.28. The number of pyridine rings is 1. The number of rotatable bonds is 3. The summed E-state index contributed by atoms with van der Waals surface area (Å²) in [6.45, 7) is 4.00. The van der Waals surface area contributed by atoms with Crippen LogP contribution in [0.2, 0.25) is 0 Å². The van der Waals surface area contributed by atoms with Gasteiger partial charge in [-0.1, -0.05) is 44.3 Å². The van der Waals surface area contributed by atoms with Gasteiger partial charge >= 0.3 is 0 Å². The fraction of sp³-hybridized carbons (Fsp3) is 0.267. The second kappa shape index (κ2) is 7.67. The minimum Gasteiger partial charge on any atom is -0.496 e. The van der Waals surface area contributed by atoms with Crippen LogP contribution in [0.4, 0.5) is 0 Å². The van der Waals surface area contributed by atoms with E-state index in [1.54, 1.807) is 7.11 Å². The first-order valence-corrected chi connectivity index (χ1v) is 6.50. The number of H-pyrrole nitrogens is 1. The van der Waals surface area contributed by atoms with Gasteiger partial charge in [0.1, 0.15) is 10.4 Å². The van der Waals surface area contributed by atoms with E-state index in [4.69, 9.17) is 17.0 Å². The van der Waals surface area contributed by atoms with E-state index in [-0.39, 0.29) is 0 Å². The molecule has 0 fully saturated rings. The molecule has 1 aromatic heterocycles. The Bertz CT molecular complexity index is 534. The molecule has 1 heterocycles. The van der Waals surface area contributed by atoms with Gasteiger partial charge in [0.15, 0.2) is 0 Å². The lowest BCUT2D eigenvalue weighted by molar-refractivity contribution is 0.410. The van der Waals surface area contributed by atoms with Crippen LogP contribution in [0, 0.1) is 4.64 Å². The van der Waals surface area contributed by atoms with Gasteiger partial charge in [-0.25, -0.2) is 0 Å². The maximum atomic E-state index is 5.31.